The van der Waals surface area contributed by atoms with Crippen molar-refractivity contribution >= 4 is 24.3 Å². The van der Waals surface area contributed by atoms with Crippen LogP contribution in [0.4, 0.5) is 0 Å². The highest BCUT2D eigenvalue weighted by Gasteiger charge is 2.23. The standard InChI is InChI=1S/C11H19NO4.ClH/c1-5-6-15-10(14)8(12)7-9(13)16-11(2,3)4;/h5,8H,1,6-7,12H2,2-4H3;1H/t8-;/m0./s1. The maximum absolute atomic E-state index is 11.3. The van der Waals surface area contributed by atoms with E-state index in [0.717, 1.165) is 0 Å². The first-order valence-corrected chi connectivity index (χ1v) is 5.01. The largest absolute Gasteiger partial charge is 0.460 e. The van der Waals surface area contributed by atoms with Crippen molar-refractivity contribution in [1.29, 1.82) is 0 Å². The summed E-state index contributed by atoms with van der Waals surface area (Å²) in [6.45, 7) is 8.70. The SMILES string of the molecule is C=CCOC(=O)[C@@H](N)CC(=O)OC(C)(C)C.Cl. The molecule has 17 heavy (non-hydrogen) atoms. The summed E-state index contributed by atoms with van der Waals surface area (Å²) in [5.74, 6) is -1.15. The van der Waals surface area contributed by atoms with Gasteiger partial charge in [-0.3, -0.25) is 9.59 Å². The van der Waals surface area contributed by atoms with Crippen molar-refractivity contribution in [3.63, 3.8) is 0 Å². The third-order valence-corrected chi connectivity index (χ3v) is 1.45. The third-order valence-electron chi connectivity index (χ3n) is 1.45. The lowest BCUT2D eigenvalue weighted by atomic mass is 10.2. The van der Waals surface area contributed by atoms with Gasteiger partial charge in [0, 0.05) is 0 Å². The van der Waals surface area contributed by atoms with E-state index in [1.165, 1.54) is 6.08 Å². The van der Waals surface area contributed by atoms with Gasteiger partial charge in [-0.1, -0.05) is 12.7 Å². The van der Waals surface area contributed by atoms with Crippen LogP contribution in [0.5, 0.6) is 0 Å². The highest BCUT2D eigenvalue weighted by Crippen LogP contribution is 2.09. The number of carbonyl (C=O) groups is 2. The lowest BCUT2D eigenvalue weighted by Gasteiger charge is -2.20. The first kappa shape index (κ1) is 18.3. The maximum atomic E-state index is 11.3. The Morgan fingerprint density at radius 3 is 2.35 bits per heavy atom. The van der Waals surface area contributed by atoms with Crippen molar-refractivity contribution in [1.82, 2.24) is 0 Å². The number of rotatable bonds is 5. The fourth-order valence-electron chi connectivity index (χ4n) is 0.894. The normalized spacial score (nSPS) is 12.0. The van der Waals surface area contributed by atoms with E-state index in [9.17, 15) is 9.59 Å². The summed E-state index contributed by atoms with van der Waals surface area (Å²) < 4.78 is 9.71. The Morgan fingerprint density at radius 1 is 1.41 bits per heavy atom. The van der Waals surface area contributed by atoms with E-state index in [4.69, 9.17) is 15.2 Å². The molecule has 0 aromatic carbocycles. The van der Waals surface area contributed by atoms with E-state index in [0.29, 0.717) is 0 Å². The van der Waals surface area contributed by atoms with Crippen LogP contribution in [-0.4, -0.2) is 30.2 Å². The molecule has 0 amide bonds. The predicted octanol–water partition coefficient (Wildman–Crippen LogP) is 1.20. The Kier molecular flexibility index (Phi) is 8.70. The molecule has 0 bridgehead atoms. The van der Waals surface area contributed by atoms with Gasteiger partial charge in [0.25, 0.3) is 0 Å². The number of halogens is 1. The molecule has 0 heterocycles. The second-order valence-electron chi connectivity index (χ2n) is 4.32. The molecule has 0 spiro atoms. The molecular formula is C11H20ClNO4. The minimum absolute atomic E-state index is 0. The van der Waals surface area contributed by atoms with Crippen molar-refractivity contribution in [2.45, 2.75) is 38.8 Å². The molecule has 0 unspecified atom stereocenters. The summed E-state index contributed by atoms with van der Waals surface area (Å²) in [7, 11) is 0. The molecule has 1 atom stereocenters. The molecule has 0 aliphatic carbocycles. The Hall–Kier alpha value is -1.07. The van der Waals surface area contributed by atoms with E-state index in [-0.39, 0.29) is 25.4 Å². The van der Waals surface area contributed by atoms with Crippen LogP contribution >= 0.6 is 12.4 Å². The zero-order valence-corrected chi connectivity index (χ0v) is 11.2. The van der Waals surface area contributed by atoms with Crippen molar-refractivity contribution in [2.75, 3.05) is 6.61 Å². The van der Waals surface area contributed by atoms with Crippen LogP contribution in [0.3, 0.4) is 0 Å². The van der Waals surface area contributed by atoms with Crippen LogP contribution in [0.2, 0.25) is 0 Å². The summed E-state index contributed by atoms with van der Waals surface area (Å²) in [4.78, 5) is 22.5. The smallest absolute Gasteiger partial charge is 0.323 e. The fraction of sp³-hybridized carbons (Fsp3) is 0.636. The van der Waals surface area contributed by atoms with Gasteiger partial charge in [0.2, 0.25) is 0 Å². The highest BCUT2D eigenvalue weighted by molar-refractivity contribution is 5.85. The number of ether oxygens (including phenoxy) is 2. The van der Waals surface area contributed by atoms with E-state index in [1.807, 2.05) is 0 Å². The molecule has 0 aromatic heterocycles. The van der Waals surface area contributed by atoms with Crippen LogP contribution in [0.15, 0.2) is 12.7 Å². The average molecular weight is 266 g/mol. The van der Waals surface area contributed by atoms with Crippen molar-refractivity contribution in [3.8, 4) is 0 Å². The minimum atomic E-state index is -0.991. The molecule has 0 radical (unpaired) electrons. The summed E-state index contributed by atoms with van der Waals surface area (Å²) in [5.41, 5.74) is 4.89. The fourth-order valence-corrected chi connectivity index (χ4v) is 0.894. The Morgan fingerprint density at radius 2 is 1.94 bits per heavy atom. The number of hydrogen-bond acceptors (Lipinski definition) is 5. The Labute approximate surface area is 108 Å². The van der Waals surface area contributed by atoms with Gasteiger partial charge in [0.15, 0.2) is 0 Å². The minimum Gasteiger partial charge on any atom is -0.460 e. The quantitative estimate of drug-likeness (QED) is 0.597. The zero-order chi connectivity index (χ0) is 12.8. The summed E-state index contributed by atoms with van der Waals surface area (Å²) >= 11 is 0. The second-order valence-corrected chi connectivity index (χ2v) is 4.32. The van der Waals surface area contributed by atoms with Gasteiger partial charge in [-0.05, 0) is 20.8 Å². The first-order valence-electron chi connectivity index (χ1n) is 5.01. The van der Waals surface area contributed by atoms with Gasteiger partial charge in [-0.25, -0.2) is 0 Å². The summed E-state index contributed by atoms with van der Waals surface area (Å²) in [6.07, 6.45) is 1.24. The van der Waals surface area contributed by atoms with E-state index in [1.54, 1.807) is 20.8 Å². The van der Waals surface area contributed by atoms with Gasteiger partial charge in [0.05, 0.1) is 6.42 Å². The van der Waals surface area contributed by atoms with E-state index in [2.05, 4.69) is 6.58 Å². The topological polar surface area (TPSA) is 78.6 Å². The van der Waals surface area contributed by atoms with Gasteiger partial charge in [0.1, 0.15) is 18.2 Å². The number of nitrogens with two attached hydrogens (primary N) is 1. The summed E-state index contributed by atoms with van der Waals surface area (Å²) in [6, 6.07) is -0.991. The van der Waals surface area contributed by atoms with E-state index >= 15 is 0 Å². The molecule has 6 heteroatoms. The first-order chi connectivity index (χ1) is 7.26. The highest BCUT2D eigenvalue weighted by atomic mass is 35.5. The second kappa shape index (κ2) is 8.08. The average Bonchev–Trinajstić information content (AvgIpc) is 2.10. The van der Waals surface area contributed by atoms with Crippen LogP contribution in [-0.2, 0) is 19.1 Å². The van der Waals surface area contributed by atoms with Crippen LogP contribution in [0.1, 0.15) is 27.2 Å². The lowest BCUT2D eigenvalue weighted by Crippen LogP contribution is -2.36. The van der Waals surface area contributed by atoms with Crippen molar-refractivity contribution in [3.05, 3.63) is 12.7 Å². The zero-order valence-electron chi connectivity index (χ0n) is 10.4. The predicted molar refractivity (Wildman–Crippen MR) is 66.8 cm³/mol. The number of hydrogen-bond donors (Lipinski definition) is 1. The Bertz CT molecular complexity index is 273. The summed E-state index contributed by atoms with van der Waals surface area (Å²) in [5, 5.41) is 0. The van der Waals surface area contributed by atoms with Crippen molar-refractivity contribution < 1.29 is 19.1 Å². The third kappa shape index (κ3) is 9.84. The molecule has 0 fully saturated rings. The van der Waals surface area contributed by atoms with Crippen LogP contribution in [0.25, 0.3) is 0 Å². The van der Waals surface area contributed by atoms with Gasteiger partial charge < -0.3 is 15.2 Å². The molecular weight excluding hydrogens is 246 g/mol. The van der Waals surface area contributed by atoms with Gasteiger partial charge in [-0.2, -0.15) is 0 Å². The van der Waals surface area contributed by atoms with E-state index < -0.39 is 23.6 Å². The molecule has 2 N–H and O–H groups in total. The molecule has 100 valence electrons. The molecule has 0 aromatic rings. The number of carbonyl (C=O) groups excluding carboxylic acids is 2. The molecule has 0 rings (SSSR count). The lowest BCUT2D eigenvalue weighted by molar-refractivity contribution is -0.158. The molecule has 0 aliphatic rings. The molecule has 5 nitrogen and oxygen atoms in total. The molecule has 0 saturated heterocycles. The molecule has 0 aliphatic heterocycles. The number of esters is 2. The van der Waals surface area contributed by atoms with Crippen LogP contribution < -0.4 is 5.73 Å². The Balaban J connectivity index is 0. The van der Waals surface area contributed by atoms with Crippen molar-refractivity contribution in [2.24, 2.45) is 5.73 Å². The van der Waals surface area contributed by atoms with Crippen LogP contribution in [0, 0.1) is 0 Å². The van der Waals surface area contributed by atoms with Gasteiger partial charge in [-0.15, -0.1) is 12.4 Å². The monoisotopic (exact) mass is 265 g/mol. The van der Waals surface area contributed by atoms with Gasteiger partial charge >= 0.3 is 11.9 Å². The maximum Gasteiger partial charge on any atom is 0.323 e. The molecule has 0 saturated carbocycles.